The molecule has 0 heterocycles. The number of benzene rings is 1. The topological polar surface area (TPSA) is 50.7 Å². The molecule has 0 radical (unpaired) electrons. The van der Waals surface area contributed by atoms with Crippen molar-refractivity contribution in [2.45, 2.75) is 6.92 Å². The highest BCUT2D eigenvalue weighted by molar-refractivity contribution is 5.50. The molecule has 0 amide bonds. The van der Waals surface area contributed by atoms with Gasteiger partial charge in [0.05, 0.1) is 26.9 Å². The van der Waals surface area contributed by atoms with Crippen molar-refractivity contribution in [1.29, 1.82) is 0 Å². The number of hydrogen-bond acceptors (Lipinski definition) is 4. The number of nitrogens with one attached hydrogen (secondary N) is 1. The van der Waals surface area contributed by atoms with Crippen molar-refractivity contribution in [3.63, 3.8) is 0 Å². The average molecular weight is 225 g/mol. The molecule has 0 bridgehead atoms. The zero-order valence-electron chi connectivity index (χ0n) is 9.82. The van der Waals surface area contributed by atoms with Gasteiger partial charge in [-0.25, -0.2) is 0 Å². The summed E-state index contributed by atoms with van der Waals surface area (Å²) >= 11 is 0. The summed E-state index contributed by atoms with van der Waals surface area (Å²) < 4.78 is 10.3. The lowest BCUT2D eigenvalue weighted by molar-refractivity contribution is 0.0992. The maximum absolute atomic E-state index is 8.52. The highest BCUT2D eigenvalue weighted by Gasteiger charge is 1.98. The van der Waals surface area contributed by atoms with Gasteiger partial charge in [0.25, 0.3) is 0 Å². The Morgan fingerprint density at radius 1 is 1.31 bits per heavy atom. The van der Waals surface area contributed by atoms with Crippen LogP contribution in [0.25, 0.3) is 0 Å². The van der Waals surface area contributed by atoms with Crippen LogP contribution < -0.4 is 10.1 Å². The Hall–Kier alpha value is -1.26. The van der Waals surface area contributed by atoms with E-state index in [4.69, 9.17) is 14.6 Å². The monoisotopic (exact) mass is 225 g/mol. The van der Waals surface area contributed by atoms with Gasteiger partial charge in [0.1, 0.15) is 5.75 Å². The molecule has 0 unspecified atom stereocenters. The molecule has 0 aromatic heterocycles. The molecule has 0 saturated heterocycles. The second kappa shape index (κ2) is 7.09. The van der Waals surface area contributed by atoms with E-state index in [-0.39, 0.29) is 6.61 Å². The maximum atomic E-state index is 8.52. The minimum Gasteiger partial charge on any atom is -0.496 e. The van der Waals surface area contributed by atoms with Gasteiger partial charge in [0, 0.05) is 12.2 Å². The fourth-order valence-corrected chi connectivity index (χ4v) is 1.42. The molecule has 0 spiro atoms. The Bertz CT molecular complexity index is 315. The molecular formula is C12H19NO3. The minimum atomic E-state index is 0.0711. The second-order valence-electron chi connectivity index (χ2n) is 3.45. The van der Waals surface area contributed by atoms with Crippen LogP contribution in [0.4, 0.5) is 5.69 Å². The van der Waals surface area contributed by atoms with Crippen LogP contribution in [0.1, 0.15) is 5.56 Å². The Morgan fingerprint density at radius 2 is 2.12 bits per heavy atom. The maximum Gasteiger partial charge on any atom is 0.121 e. The van der Waals surface area contributed by atoms with E-state index in [9.17, 15) is 0 Å². The van der Waals surface area contributed by atoms with Crippen LogP contribution in [0.15, 0.2) is 18.2 Å². The van der Waals surface area contributed by atoms with Crippen LogP contribution in [0.5, 0.6) is 5.75 Å². The zero-order chi connectivity index (χ0) is 11.8. The summed E-state index contributed by atoms with van der Waals surface area (Å²) in [4.78, 5) is 0. The van der Waals surface area contributed by atoms with Crippen molar-refractivity contribution in [2.24, 2.45) is 0 Å². The van der Waals surface area contributed by atoms with E-state index >= 15 is 0 Å². The Kier molecular flexibility index (Phi) is 5.67. The molecular weight excluding hydrogens is 206 g/mol. The summed E-state index contributed by atoms with van der Waals surface area (Å²) in [5.41, 5.74) is 2.15. The minimum absolute atomic E-state index is 0.0711. The number of anilines is 1. The van der Waals surface area contributed by atoms with E-state index in [0.717, 1.165) is 23.5 Å². The number of hydrogen-bond donors (Lipinski definition) is 2. The molecule has 0 saturated carbocycles. The van der Waals surface area contributed by atoms with Gasteiger partial charge in [-0.05, 0) is 30.7 Å². The highest BCUT2D eigenvalue weighted by atomic mass is 16.5. The summed E-state index contributed by atoms with van der Waals surface area (Å²) in [6.45, 7) is 3.79. The van der Waals surface area contributed by atoms with E-state index in [2.05, 4.69) is 5.32 Å². The first-order valence-corrected chi connectivity index (χ1v) is 5.35. The Morgan fingerprint density at radius 3 is 2.75 bits per heavy atom. The summed E-state index contributed by atoms with van der Waals surface area (Å²) in [5, 5.41) is 11.8. The molecule has 4 nitrogen and oxygen atoms in total. The number of rotatable bonds is 7. The van der Waals surface area contributed by atoms with Crippen molar-refractivity contribution in [3.8, 4) is 5.75 Å². The van der Waals surface area contributed by atoms with Crippen molar-refractivity contribution in [3.05, 3.63) is 23.8 Å². The van der Waals surface area contributed by atoms with Gasteiger partial charge < -0.3 is 19.9 Å². The predicted molar refractivity (Wildman–Crippen MR) is 64.1 cm³/mol. The third-order valence-electron chi connectivity index (χ3n) is 2.21. The molecule has 16 heavy (non-hydrogen) atoms. The zero-order valence-corrected chi connectivity index (χ0v) is 9.82. The predicted octanol–water partition coefficient (Wildman–Crippen LogP) is 1.42. The van der Waals surface area contributed by atoms with Crippen LogP contribution in [0, 0.1) is 6.92 Å². The molecule has 0 atom stereocenters. The largest absolute Gasteiger partial charge is 0.496 e. The molecule has 0 aliphatic carbocycles. The molecule has 1 aromatic carbocycles. The van der Waals surface area contributed by atoms with E-state index in [1.54, 1.807) is 7.11 Å². The molecule has 0 aliphatic heterocycles. The SMILES string of the molecule is COc1ccc(NCCOCCO)cc1C. The third-order valence-corrected chi connectivity index (χ3v) is 2.21. The van der Waals surface area contributed by atoms with Crippen LogP contribution in [0.3, 0.4) is 0 Å². The van der Waals surface area contributed by atoms with Gasteiger partial charge in [0.15, 0.2) is 0 Å². The van der Waals surface area contributed by atoms with Gasteiger partial charge >= 0.3 is 0 Å². The van der Waals surface area contributed by atoms with E-state index in [0.29, 0.717) is 13.2 Å². The summed E-state index contributed by atoms with van der Waals surface area (Å²) in [7, 11) is 1.66. The lowest BCUT2D eigenvalue weighted by Gasteiger charge is -2.09. The quantitative estimate of drug-likeness (QED) is 0.689. The first-order valence-electron chi connectivity index (χ1n) is 5.35. The van der Waals surface area contributed by atoms with Gasteiger partial charge in [-0.2, -0.15) is 0 Å². The van der Waals surface area contributed by atoms with Crippen molar-refractivity contribution < 1.29 is 14.6 Å². The smallest absolute Gasteiger partial charge is 0.121 e. The normalized spacial score (nSPS) is 10.2. The number of aliphatic hydroxyl groups is 1. The molecule has 0 fully saturated rings. The van der Waals surface area contributed by atoms with Crippen LogP contribution >= 0.6 is 0 Å². The molecule has 4 heteroatoms. The summed E-state index contributed by atoms with van der Waals surface area (Å²) in [6, 6.07) is 5.94. The van der Waals surface area contributed by atoms with Gasteiger partial charge in [0.2, 0.25) is 0 Å². The van der Waals surface area contributed by atoms with Gasteiger partial charge in [-0.15, -0.1) is 0 Å². The number of methoxy groups -OCH3 is 1. The molecule has 90 valence electrons. The molecule has 1 aromatic rings. The first-order chi connectivity index (χ1) is 7.77. The number of aliphatic hydroxyl groups excluding tert-OH is 1. The molecule has 1 rings (SSSR count). The van der Waals surface area contributed by atoms with Crippen molar-refractivity contribution in [1.82, 2.24) is 0 Å². The van der Waals surface area contributed by atoms with E-state index < -0.39 is 0 Å². The standard InChI is InChI=1S/C12H19NO3/c1-10-9-11(3-4-12(10)15-2)13-5-7-16-8-6-14/h3-4,9,13-14H,5-8H2,1-2H3. The lowest BCUT2D eigenvalue weighted by atomic mass is 10.2. The van der Waals surface area contributed by atoms with Crippen LogP contribution in [-0.4, -0.2) is 38.6 Å². The van der Waals surface area contributed by atoms with E-state index in [1.807, 2.05) is 25.1 Å². The fourth-order valence-electron chi connectivity index (χ4n) is 1.42. The van der Waals surface area contributed by atoms with Crippen molar-refractivity contribution >= 4 is 5.69 Å². The lowest BCUT2D eigenvalue weighted by Crippen LogP contribution is -2.11. The molecule has 2 N–H and O–H groups in total. The Balaban J connectivity index is 2.34. The van der Waals surface area contributed by atoms with Crippen LogP contribution in [0.2, 0.25) is 0 Å². The summed E-state index contributed by atoms with van der Waals surface area (Å²) in [6.07, 6.45) is 0. The highest BCUT2D eigenvalue weighted by Crippen LogP contribution is 2.20. The third kappa shape index (κ3) is 4.08. The first kappa shape index (κ1) is 12.8. The van der Waals surface area contributed by atoms with Crippen LogP contribution in [-0.2, 0) is 4.74 Å². The molecule has 0 aliphatic rings. The van der Waals surface area contributed by atoms with Gasteiger partial charge in [-0.1, -0.05) is 0 Å². The van der Waals surface area contributed by atoms with Crippen molar-refractivity contribution in [2.75, 3.05) is 38.8 Å². The number of aryl methyl sites for hydroxylation is 1. The number of ether oxygens (including phenoxy) is 2. The van der Waals surface area contributed by atoms with E-state index in [1.165, 1.54) is 0 Å². The average Bonchev–Trinajstić information content (AvgIpc) is 2.29. The Labute approximate surface area is 96.2 Å². The summed E-state index contributed by atoms with van der Waals surface area (Å²) in [5.74, 6) is 0.891. The second-order valence-corrected chi connectivity index (χ2v) is 3.45. The van der Waals surface area contributed by atoms with Gasteiger partial charge in [-0.3, -0.25) is 0 Å². The fraction of sp³-hybridized carbons (Fsp3) is 0.500.